The number of nitrogens with one attached hydrogen (secondary N) is 1. The van der Waals surface area contributed by atoms with Crippen LogP contribution in [0.25, 0.3) is 0 Å². The molecule has 0 aliphatic carbocycles. The topological polar surface area (TPSA) is 61.9 Å². The van der Waals surface area contributed by atoms with Crippen LogP contribution >= 0.6 is 23.8 Å². The second kappa shape index (κ2) is 9.73. The van der Waals surface area contributed by atoms with Crippen molar-refractivity contribution in [2.75, 3.05) is 23.4 Å². The van der Waals surface area contributed by atoms with Gasteiger partial charge in [0.25, 0.3) is 5.91 Å². The van der Waals surface area contributed by atoms with Crippen LogP contribution in [0.1, 0.15) is 13.3 Å². The molecule has 1 atom stereocenters. The molecule has 0 aromatic heterocycles. The van der Waals surface area contributed by atoms with Crippen molar-refractivity contribution in [1.29, 1.82) is 0 Å². The predicted molar refractivity (Wildman–Crippen MR) is 123 cm³/mol. The van der Waals surface area contributed by atoms with Crippen LogP contribution in [-0.4, -0.2) is 41.0 Å². The van der Waals surface area contributed by atoms with Gasteiger partial charge in [0.1, 0.15) is 11.8 Å². The van der Waals surface area contributed by atoms with Crippen LogP contribution in [-0.2, 0) is 9.59 Å². The largest absolute Gasteiger partial charge is 0.494 e. The fraction of sp³-hybridized carbons (Fsp3) is 0.227. The van der Waals surface area contributed by atoms with E-state index in [1.807, 2.05) is 6.92 Å². The molecule has 0 saturated carbocycles. The van der Waals surface area contributed by atoms with Crippen LogP contribution in [0.4, 0.5) is 11.4 Å². The van der Waals surface area contributed by atoms with E-state index in [-0.39, 0.29) is 18.2 Å². The molecule has 1 aliphatic rings. The summed E-state index contributed by atoms with van der Waals surface area (Å²) in [4.78, 5) is 28.9. The average Bonchev–Trinajstić information content (AvgIpc) is 2.95. The lowest BCUT2D eigenvalue weighted by molar-refractivity contribution is -0.124. The van der Waals surface area contributed by atoms with E-state index in [9.17, 15) is 9.59 Å². The minimum atomic E-state index is -0.714. The summed E-state index contributed by atoms with van der Waals surface area (Å²) in [5.41, 5.74) is 1.24. The van der Waals surface area contributed by atoms with Crippen molar-refractivity contribution in [3.63, 3.8) is 0 Å². The van der Waals surface area contributed by atoms with Crippen molar-refractivity contribution in [3.8, 4) is 5.75 Å². The van der Waals surface area contributed by atoms with E-state index in [1.165, 1.54) is 4.90 Å². The normalized spacial score (nSPS) is 16.0. The number of thiocarbonyl (C=S) groups is 1. The second-order valence-electron chi connectivity index (χ2n) is 6.60. The van der Waals surface area contributed by atoms with Gasteiger partial charge in [0.15, 0.2) is 5.11 Å². The van der Waals surface area contributed by atoms with Gasteiger partial charge >= 0.3 is 0 Å². The highest BCUT2D eigenvalue weighted by molar-refractivity contribution is 7.80. The lowest BCUT2D eigenvalue weighted by Gasteiger charge is -2.22. The molecule has 2 aromatic rings. The van der Waals surface area contributed by atoms with Gasteiger partial charge in [0, 0.05) is 17.3 Å². The van der Waals surface area contributed by atoms with Crippen molar-refractivity contribution in [1.82, 2.24) is 4.90 Å². The zero-order chi connectivity index (χ0) is 21.7. The Hall–Kier alpha value is -2.90. The predicted octanol–water partition coefficient (Wildman–Crippen LogP) is 4.26. The maximum Gasteiger partial charge on any atom is 0.256 e. The zero-order valence-electron chi connectivity index (χ0n) is 16.5. The molecule has 0 spiro atoms. The highest BCUT2D eigenvalue weighted by Crippen LogP contribution is 2.29. The first-order valence-corrected chi connectivity index (χ1v) is 10.3. The van der Waals surface area contributed by atoms with E-state index in [0.29, 0.717) is 40.4 Å². The van der Waals surface area contributed by atoms with Crippen LogP contribution in [0.3, 0.4) is 0 Å². The van der Waals surface area contributed by atoms with Crippen LogP contribution in [0.2, 0.25) is 5.02 Å². The molecule has 156 valence electrons. The van der Waals surface area contributed by atoms with Gasteiger partial charge < -0.3 is 15.0 Å². The van der Waals surface area contributed by atoms with E-state index >= 15 is 0 Å². The van der Waals surface area contributed by atoms with E-state index in [2.05, 4.69) is 11.9 Å². The fourth-order valence-electron chi connectivity index (χ4n) is 3.20. The molecular formula is C22H22ClN3O3S. The lowest BCUT2D eigenvalue weighted by atomic mass is 10.1. The Morgan fingerprint density at radius 1 is 1.23 bits per heavy atom. The van der Waals surface area contributed by atoms with Crippen molar-refractivity contribution in [2.45, 2.75) is 19.4 Å². The summed E-state index contributed by atoms with van der Waals surface area (Å²) < 4.78 is 5.45. The quantitative estimate of drug-likeness (QED) is 0.488. The molecule has 1 aliphatic heterocycles. The standard InChI is InChI=1S/C22H22ClN3O3S/c1-3-13-25-19(14-20(27)24-16-7-5-15(23)6-8-16)21(28)26(22(25)30)17-9-11-18(12-10-17)29-4-2/h3,5-12,19H,1,4,13-14H2,2H3,(H,24,27)/t19-/m1/s1. The Bertz CT molecular complexity index is 947. The van der Waals surface area contributed by atoms with Crippen LogP contribution in [0, 0.1) is 0 Å². The summed E-state index contributed by atoms with van der Waals surface area (Å²) in [5.74, 6) is 0.166. The number of nitrogens with zero attached hydrogens (tertiary/aromatic N) is 2. The number of anilines is 2. The molecule has 1 fully saturated rings. The number of rotatable bonds is 8. The summed E-state index contributed by atoms with van der Waals surface area (Å²) in [7, 11) is 0. The van der Waals surface area contributed by atoms with Gasteiger partial charge in [-0.05, 0) is 67.7 Å². The molecule has 0 radical (unpaired) electrons. The third-order valence-electron chi connectivity index (χ3n) is 4.56. The van der Waals surface area contributed by atoms with Gasteiger partial charge in [-0.2, -0.15) is 0 Å². The molecule has 6 nitrogen and oxygen atoms in total. The Balaban J connectivity index is 1.77. The van der Waals surface area contributed by atoms with E-state index < -0.39 is 6.04 Å². The molecule has 0 unspecified atom stereocenters. The van der Waals surface area contributed by atoms with Gasteiger partial charge in [-0.3, -0.25) is 14.5 Å². The fourth-order valence-corrected chi connectivity index (χ4v) is 3.72. The van der Waals surface area contributed by atoms with Crippen LogP contribution in [0.15, 0.2) is 61.2 Å². The highest BCUT2D eigenvalue weighted by atomic mass is 35.5. The van der Waals surface area contributed by atoms with Crippen LogP contribution in [0.5, 0.6) is 5.75 Å². The summed E-state index contributed by atoms with van der Waals surface area (Å²) in [6.45, 7) is 6.56. The molecule has 0 bridgehead atoms. The SMILES string of the molecule is C=CCN1C(=S)N(c2ccc(OCC)cc2)C(=O)[C@H]1CC(=O)Nc1ccc(Cl)cc1. The first-order valence-electron chi connectivity index (χ1n) is 9.48. The van der Waals surface area contributed by atoms with Crippen molar-refractivity contribution < 1.29 is 14.3 Å². The number of halogens is 1. The first kappa shape index (κ1) is 21.8. The number of carbonyl (C=O) groups excluding carboxylic acids is 2. The van der Waals surface area contributed by atoms with Crippen molar-refractivity contribution in [2.24, 2.45) is 0 Å². The Morgan fingerprint density at radius 2 is 1.90 bits per heavy atom. The maximum atomic E-state index is 13.2. The smallest absolute Gasteiger partial charge is 0.256 e. The Labute approximate surface area is 186 Å². The number of carbonyl (C=O) groups is 2. The van der Waals surface area contributed by atoms with Gasteiger partial charge in [0.05, 0.1) is 18.7 Å². The minimum Gasteiger partial charge on any atom is -0.494 e. The molecule has 3 rings (SSSR count). The third-order valence-corrected chi connectivity index (χ3v) is 5.23. The van der Waals surface area contributed by atoms with E-state index in [4.69, 9.17) is 28.6 Å². The Kier molecular flexibility index (Phi) is 7.07. The second-order valence-corrected chi connectivity index (χ2v) is 7.40. The van der Waals surface area contributed by atoms with Crippen LogP contribution < -0.4 is 15.0 Å². The molecule has 1 N–H and O–H groups in total. The molecule has 2 aromatic carbocycles. The monoisotopic (exact) mass is 443 g/mol. The van der Waals surface area contributed by atoms with E-state index in [0.717, 1.165) is 0 Å². The summed E-state index contributed by atoms with van der Waals surface area (Å²) in [6.07, 6.45) is 1.62. The van der Waals surface area contributed by atoms with E-state index in [1.54, 1.807) is 59.5 Å². The molecular weight excluding hydrogens is 422 g/mol. The summed E-state index contributed by atoms with van der Waals surface area (Å²) in [6, 6.07) is 13.2. The Morgan fingerprint density at radius 3 is 2.50 bits per heavy atom. The number of hydrogen-bond acceptors (Lipinski definition) is 4. The molecule has 2 amide bonds. The highest BCUT2D eigenvalue weighted by Gasteiger charge is 2.43. The molecule has 30 heavy (non-hydrogen) atoms. The first-order chi connectivity index (χ1) is 14.4. The summed E-state index contributed by atoms with van der Waals surface area (Å²) >= 11 is 11.4. The molecule has 1 heterocycles. The minimum absolute atomic E-state index is 0.0387. The van der Waals surface area contributed by atoms with Gasteiger partial charge in [0.2, 0.25) is 5.91 Å². The number of benzene rings is 2. The third kappa shape index (κ3) is 4.80. The summed E-state index contributed by atoms with van der Waals surface area (Å²) in [5, 5.41) is 3.71. The number of amides is 2. The molecule has 1 saturated heterocycles. The van der Waals surface area contributed by atoms with Crippen molar-refractivity contribution >= 4 is 52.1 Å². The maximum absolute atomic E-state index is 13.2. The average molecular weight is 444 g/mol. The number of ether oxygens (including phenoxy) is 1. The van der Waals surface area contributed by atoms with Crippen molar-refractivity contribution in [3.05, 3.63) is 66.2 Å². The molecule has 8 heteroatoms. The lowest BCUT2D eigenvalue weighted by Crippen LogP contribution is -2.37. The number of hydrogen-bond donors (Lipinski definition) is 1. The van der Waals surface area contributed by atoms with Gasteiger partial charge in [-0.25, -0.2) is 0 Å². The zero-order valence-corrected chi connectivity index (χ0v) is 18.1. The van der Waals surface area contributed by atoms with Gasteiger partial charge in [-0.1, -0.05) is 17.7 Å². The van der Waals surface area contributed by atoms with Gasteiger partial charge in [-0.15, -0.1) is 6.58 Å².